The van der Waals surface area contributed by atoms with Crippen molar-refractivity contribution < 1.29 is 40.3 Å². The normalized spacial score (nSPS) is 15.0. The zero-order valence-electron chi connectivity index (χ0n) is 6.01. The van der Waals surface area contributed by atoms with E-state index < -0.39 is 29.8 Å². The fourth-order valence-electron chi connectivity index (χ4n) is 0.410. The van der Waals surface area contributed by atoms with Crippen LogP contribution < -0.4 is 5.48 Å². The van der Waals surface area contributed by atoms with Crippen LogP contribution in [0.25, 0.3) is 0 Å². The smallest absolute Gasteiger partial charge is 0.203 e. The van der Waals surface area contributed by atoms with Crippen LogP contribution in [0.4, 0.5) is 35.1 Å². The number of hydrogen-bond donors (Lipinski definition) is 1. The summed E-state index contributed by atoms with van der Waals surface area (Å²) in [5, 5.41) is 9.21. The number of hydrogen-bond acceptors (Lipinski definition) is 1. The molecule has 0 fully saturated rings. The van der Waals surface area contributed by atoms with Gasteiger partial charge in [0.25, 0.3) is 0 Å². The van der Waals surface area contributed by atoms with Crippen molar-refractivity contribution in [3.63, 3.8) is 0 Å². The molecule has 14 heavy (non-hydrogen) atoms. The Hall–Kier alpha value is -0.640. The molecule has 0 spiro atoms. The largest absolute Gasteiger partial charge is 0.395 e. The van der Waals surface area contributed by atoms with Gasteiger partial charge in [0.2, 0.25) is 0 Å². The maximum absolute atomic E-state index is 12.0. The number of hydroxylamine groups is 1. The standard InChI is InChI=1S/C4H2F8NO/c5-1(6)2(7,8)3(9,10)4(11,12)13-14/h1,13H. The Morgan fingerprint density at radius 2 is 1.29 bits per heavy atom. The second-order valence-corrected chi connectivity index (χ2v) is 2.17. The Labute approximate surface area is 71.5 Å². The lowest BCUT2D eigenvalue weighted by atomic mass is 10.1. The summed E-state index contributed by atoms with van der Waals surface area (Å²) in [7, 11) is 0. The molecule has 0 amide bonds. The molecule has 0 atom stereocenters. The molecule has 0 aromatic carbocycles. The molecule has 0 saturated carbocycles. The first-order valence-electron chi connectivity index (χ1n) is 2.81. The van der Waals surface area contributed by atoms with Crippen molar-refractivity contribution >= 4 is 0 Å². The van der Waals surface area contributed by atoms with E-state index in [0.29, 0.717) is 0 Å². The fourth-order valence-corrected chi connectivity index (χ4v) is 0.410. The molecule has 0 aliphatic carbocycles. The average molecular weight is 232 g/mol. The van der Waals surface area contributed by atoms with Gasteiger partial charge in [0.15, 0.2) is 0 Å². The summed E-state index contributed by atoms with van der Waals surface area (Å²) < 4.78 is 93.8. The van der Waals surface area contributed by atoms with Gasteiger partial charge in [-0.1, -0.05) is 5.48 Å². The summed E-state index contributed by atoms with van der Waals surface area (Å²) in [5.74, 6) is -12.8. The van der Waals surface area contributed by atoms with Gasteiger partial charge < -0.3 is 0 Å². The predicted octanol–water partition coefficient (Wildman–Crippen LogP) is 2.05. The second kappa shape index (κ2) is 3.50. The maximum atomic E-state index is 12.0. The van der Waals surface area contributed by atoms with E-state index >= 15 is 0 Å². The Balaban J connectivity index is 5.14. The van der Waals surface area contributed by atoms with Crippen molar-refractivity contribution in [2.45, 2.75) is 24.3 Å². The van der Waals surface area contributed by atoms with Crippen molar-refractivity contribution in [1.29, 1.82) is 0 Å². The SMILES string of the molecule is [O]NC(F)(F)C(F)(F)C(F)(F)C(F)F. The molecular weight excluding hydrogens is 230 g/mol. The van der Waals surface area contributed by atoms with E-state index in [4.69, 9.17) is 0 Å². The molecule has 0 aromatic heterocycles. The molecule has 0 aliphatic heterocycles. The van der Waals surface area contributed by atoms with E-state index in [-0.39, 0.29) is 0 Å². The molecule has 0 bridgehead atoms. The molecule has 0 saturated heterocycles. The summed E-state index contributed by atoms with van der Waals surface area (Å²) in [6, 6.07) is -5.97. The Kier molecular flexibility index (Phi) is 3.34. The molecular formula is C4H2F8NO. The van der Waals surface area contributed by atoms with Crippen molar-refractivity contribution in [2.75, 3.05) is 0 Å². The molecule has 2 nitrogen and oxygen atoms in total. The van der Waals surface area contributed by atoms with E-state index in [1.54, 1.807) is 0 Å². The summed E-state index contributed by atoms with van der Waals surface area (Å²) in [6.45, 7) is 0. The molecule has 0 aromatic rings. The van der Waals surface area contributed by atoms with Crippen LogP contribution >= 0.6 is 0 Å². The van der Waals surface area contributed by atoms with Crippen LogP contribution in [0, 0.1) is 0 Å². The first-order chi connectivity index (χ1) is 6.00. The highest BCUT2D eigenvalue weighted by molar-refractivity contribution is 4.95. The Morgan fingerprint density at radius 1 is 0.929 bits per heavy atom. The van der Waals surface area contributed by atoms with Gasteiger partial charge in [-0.15, -0.1) is 5.21 Å². The quantitative estimate of drug-likeness (QED) is 0.449. The molecule has 85 valence electrons. The number of halogens is 8. The van der Waals surface area contributed by atoms with Gasteiger partial charge in [0.05, 0.1) is 0 Å². The lowest BCUT2D eigenvalue weighted by Gasteiger charge is -2.30. The van der Waals surface area contributed by atoms with Crippen molar-refractivity contribution in [1.82, 2.24) is 5.48 Å². The molecule has 0 heterocycles. The van der Waals surface area contributed by atoms with Gasteiger partial charge >= 0.3 is 24.3 Å². The highest BCUT2D eigenvalue weighted by Gasteiger charge is 2.76. The van der Waals surface area contributed by atoms with E-state index in [2.05, 4.69) is 0 Å². The average Bonchev–Trinajstić information content (AvgIpc) is 2.03. The maximum Gasteiger partial charge on any atom is 0.395 e. The van der Waals surface area contributed by atoms with Crippen LogP contribution in [-0.4, -0.2) is 24.3 Å². The topological polar surface area (TPSA) is 31.9 Å². The monoisotopic (exact) mass is 232 g/mol. The summed E-state index contributed by atoms with van der Waals surface area (Å²) in [4.78, 5) is 0. The summed E-state index contributed by atoms with van der Waals surface area (Å²) in [5.41, 5.74) is -0.704. The predicted molar refractivity (Wildman–Crippen MR) is 24.7 cm³/mol. The molecule has 0 aliphatic rings. The Bertz CT molecular complexity index is 204. The second-order valence-electron chi connectivity index (χ2n) is 2.17. The number of rotatable bonds is 4. The van der Waals surface area contributed by atoms with Crippen LogP contribution in [-0.2, 0) is 5.21 Å². The van der Waals surface area contributed by atoms with Crippen molar-refractivity contribution in [2.24, 2.45) is 0 Å². The van der Waals surface area contributed by atoms with Gasteiger partial charge in [0, 0.05) is 0 Å². The highest BCUT2D eigenvalue weighted by atomic mass is 19.4. The van der Waals surface area contributed by atoms with Gasteiger partial charge in [-0.25, -0.2) is 8.78 Å². The first-order valence-corrected chi connectivity index (χ1v) is 2.81. The highest BCUT2D eigenvalue weighted by Crippen LogP contribution is 2.46. The minimum Gasteiger partial charge on any atom is -0.203 e. The minimum absolute atomic E-state index is 0.704. The third kappa shape index (κ3) is 1.75. The third-order valence-corrected chi connectivity index (χ3v) is 1.22. The van der Waals surface area contributed by atoms with Crippen molar-refractivity contribution in [3.8, 4) is 0 Å². The minimum atomic E-state index is -6.48. The zero-order valence-corrected chi connectivity index (χ0v) is 6.01. The number of nitrogens with one attached hydrogen (secondary N) is 1. The zero-order chi connectivity index (χ0) is 11.8. The lowest BCUT2D eigenvalue weighted by Crippen LogP contribution is -2.62. The fraction of sp³-hybridized carbons (Fsp3) is 1.00. The number of alkyl halides is 8. The summed E-state index contributed by atoms with van der Waals surface area (Å²) >= 11 is 0. The van der Waals surface area contributed by atoms with Gasteiger partial charge in [-0.2, -0.15) is 26.3 Å². The molecule has 0 unspecified atom stereocenters. The lowest BCUT2D eigenvalue weighted by molar-refractivity contribution is -0.368. The first kappa shape index (κ1) is 13.4. The van der Waals surface area contributed by atoms with Crippen LogP contribution in [0.5, 0.6) is 0 Å². The molecule has 10 heteroatoms. The van der Waals surface area contributed by atoms with Crippen LogP contribution in [0.3, 0.4) is 0 Å². The van der Waals surface area contributed by atoms with Crippen LogP contribution in [0.2, 0.25) is 0 Å². The van der Waals surface area contributed by atoms with E-state index in [1.807, 2.05) is 0 Å². The van der Waals surface area contributed by atoms with E-state index in [9.17, 15) is 40.3 Å². The summed E-state index contributed by atoms with van der Waals surface area (Å²) in [6.07, 6.45) is -5.02. The van der Waals surface area contributed by atoms with Crippen LogP contribution in [0.15, 0.2) is 0 Å². The van der Waals surface area contributed by atoms with E-state index in [0.717, 1.165) is 0 Å². The molecule has 0 rings (SSSR count). The third-order valence-electron chi connectivity index (χ3n) is 1.22. The van der Waals surface area contributed by atoms with E-state index in [1.165, 1.54) is 0 Å². The molecule has 1 radical (unpaired) electrons. The van der Waals surface area contributed by atoms with Crippen molar-refractivity contribution in [3.05, 3.63) is 0 Å². The van der Waals surface area contributed by atoms with Gasteiger partial charge in [0.1, 0.15) is 0 Å². The molecule has 1 N–H and O–H groups in total. The van der Waals surface area contributed by atoms with Crippen LogP contribution in [0.1, 0.15) is 0 Å². The van der Waals surface area contributed by atoms with Gasteiger partial charge in [-0.05, 0) is 0 Å². The Morgan fingerprint density at radius 3 is 1.50 bits per heavy atom. The van der Waals surface area contributed by atoms with Gasteiger partial charge in [-0.3, -0.25) is 0 Å².